The summed E-state index contributed by atoms with van der Waals surface area (Å²) in [6.07, 6.45) is 4.39. The van der Waals surface area contributed by atoms with Crippen LogP contribution in [0.1, 0.15) is 31.2 Å². The predicted octanol–water partition coefficient (Wildman–Crippen LogP) is 2.90. The van der Waals surface area contributed by atoms with Gasteiger partial charge in [0.15, 0.2) is 0 Å². The number of alkyl halides is 1. The van der Waals surface area contributed by atoms with E-state index in [1.54, 1.807) is 7.11 Å². The summed E-state index contributed by atoms with van der Waals surface area (Å²) in [6, 6.07) is 7.89. The first-order valence-corrected chi connectivity index (χ1v) is 7.17. The zero-order valence-corrected chi connectivity index (χ0v) is 12.0. The van der Waals surface area contributed by atoms with Gasteiger partial charge in [-0.2, -0.15) is 0 Å². The average molecular weight is 282 g/mol. The molecule has 1 aromatic carbocycles. The van der Waals surface area contributed by atoms with Gasteiger partial charge in [0.1, 0.15) is 5.75 Å². The van der Waals surface area contributed by atoms with Crippen LogP contribution in [0, 0.1) is 0 Å². The van der Waals surface area contributed by atoms with E-state index in [0.717, 1.165) is 37.0 Å². The molecule has 1 N–H and O–H groups in total. The van der Waals surface area contributed by atoms with Crippen LogP contribution >= 0.6 is 11.6 Å². The molecule has 1 aliphatic carbocycles. The summed E-state index contributed by atoms with van der Waals surface area (Å²) in [7, 11) is 1.63. The minimum atomic E-state index is 0.0863. The fourth-order valence-corrected chi connectivity index (χ4v) is 2.66. The standard InChI is InChI=1S/C15H20ClNO2/c1-19-14-8-2-11(3-9-14)10-15(18)17-13-6-4-12(16)5-7-13/h2-3,8-9,12-13H,4-7,10H2,1H3,(H,17,18). The topological polar surface area (TPSA) is 38.3 Å². The van der Waals surface area contributed by atoms with E-state index in [2.05, 4.69) is 5.32 Å². The summed E-state index contributed by atoms with van der Waals surface area (Å²) in [6.45, 7) is 0. The molecule has 0 spiro atoms. The van der Waals surface area contributed by atoms with Gasteiger partial charge in [-0.1, -0.05) is 12.1 Å². The number of carbonyl (C=O) groups is 1. The van der Waals surface area contributed by atoms with E-state index in [0.29, 0.717) is 12.5 Å². The monoisotopic (exact) mass is 281 g/mol. The molecule has 2 rings (SSSR count). The number of carbonyl (C=O) groups excluding carboxylic acids is 1. The van der Waals surface area contributed by atoms with Gasteiger partial charge in [0, 0.05) is 11.4 Å². The second-order valence-electron chi connectivity index (χ2n) is 5.04. The van der Waals surface area contributed by atoms with Crippen molar-refractivity contribution in [2.24, 2.45) is 0 Å². The quantitative estimate of drug-likeness (QED) is 0.862. The molecule has 4 heteroatoms. The summed E-state index contributed by atoms with van der Waals surface area (Å²) in [5, 5.41) is 3.37. The van der Waals surface area contributed by atoms with Crippen molar-refractivity contribution in [3.63, 3.8) is 0 Å². The van der Waals surface area contributed by atoms with E-state index in [1.165, 1.54) is 0 Å². The second-order valence-corrected chi connectivity index (χ2v) is 5.66. The fraction of sp³-hybridized carbons (Fsp3) is 0.533. The van der Waals surface area contributed by atoms with Crippen molar-refractivity contribution in [3.8, 4) is 5.75 Å². The lowest BCUT2D eigenvalue weighted by molar-refractivity contribution is -0.121. The highest BCUT2D eigenvalue weighted by molar-refractivity contribution is 6.20. The van der Waals surface area contributed by atoms with E-state index in [9.17, 15) is 4.79 Å². The zero-order chi connectivity index (χ0) is 13.7. The van der Waals surface area contributed by atoms with Crippen molar-refractivity contribution in [1.82, 2.24) is 5.32 Å². The molecular formula is C15H20ClNO2. The number of amides is 1. The van der Waals surface area contributed by atoms with Crippen LogP contribution in [0.25, 0.3) is 0 Å². The van der Waals surface area contributed by atoms with Gasteiger partial charge >= 0.3 is 0 Å². The Bertz CT molecular complexity index is 411. The van der Waals surface area contributed by atoms with Crippen molar-refractivity contribution >= 4 is 17.5 Å². The van der Waals surface area contributed by atoms with E-state index in [-0.39, 0.29) is 11.3 Å². The van der Waals surface area contributed by atoms with Crippen LogP contribution in [0.3, 0.4) is 0 Å². The minimum Gasteiger partial charge on any atom is -0.497 e. The number of benzene rings is 1. The molecule has 0 unspecified atom stereocenters. The van der Waals surface area contributed by atoms with E-state index in [1.807, 2.05) is 24.3 Å². The maximum atomic E-state index is 11.9. The van der Waals surface area contributed by atoms with Gasteiger partial charge < -0.3 is 10.1 Å². The summed E-state index contributed by atoms with van der Waals surface area (Å²) in [4.78, 5) is 11.9. The second kappa shape index (κ2) is 6.80. The molecule has 0 saturated heterocycles. The molecule has 0 aliphatic heterocycles. The maximum absolute atomic E-state index is 11.9. The van der Waals surface area contributed by atoms with Gasteiger partial charge in [-0.25, -0.2) is 0 Å². The normalized spacial score (nSPS) is 22.8. The van der Waals surface area contributed by atoms with Crippen LogP contribution in [0.5, 0.6) is 5.75 Å². The molecule has 104 valence electrons. The molecule has 1 saturated carbocycles. The van der Waals surface area contributed by atoms with Gasteiger partial charge in [-0.05, 0) is 43.4 Å². The third kappa shape index (κ3) is 4.43. The number of ether oxygens (including phenoxy) is 1. The van der Waals surface area contributed by atoms with Crippen molar-refractivity contribution < 1.29 is 9.53 Å². The molecule has 1 aromatic rings. The third-order valence-corrected chi connectivity index (χ3v) is 3.98. The van der Waals surface area contributed by atoms with Crippen molar-refractivity contribution in [3.05, 3.63) is 29.8 Å². The lowest BCUT2D eigenvalue weighted by Gasteiger charge is -2.25. The van der Waals surface area contributed by atoms with Gasteiger partial charge in [-0.3, -0.25) is 4.79 Å². The van der Waals surface area contributed by atoms with Crippen LogP contribution < -0.4 is 10.1 Å². The van der Waals surface area contributed by atoms with Crippen LogP contribution in [0.2, 0.25) is 0 Å². The van der Waals surface area contributed by atoms with Gasteiger partial charge in [0.2, 0.25) is 5.91 Å². The summed E-state index contributed by atoms with van der Waals surface area (Å²) >= 11 is 6.05. The Kier molecular flexibility index (Phi) is 5.08. The van der Waals surface area contributed by atoms with Crippen LogP contribution in [0.15, 0.2) is 24.3 Å². The molecule has 0 heterocycles. The molecule has 1 fully saturated rings. The van der Waals surface area contributed by atoms with Crippen molar-refractivity contribution in [2.45, 2.75) is 43.5 Å². The molecule has 0 radical (unpaired) electrons. The third-order valence-electron chi connectivity index (χ3n) is 3.55. The highest BCUT2D eigenvalue weighted by Crippen LogP contribution is 2.22. The van der Waals surface area contributed by atoms with Crippen molar-refractivity contribution in [2.75, 3.05) is 7.11 Å². The van der Waals surface area contributed by atoms with Gasteiger partial charge in [0.25, 0.3) is 0 Å². The first kappa shape index (κ1) is 14.2. The maximum Gasteiger partial charge on any atom is 0.224 e. The van der Waals surface area contributed by atoms with Crippen molar-refractivity contribution in [1.29, 1.82) is 0 Å². The van der Waals surface area contributed by atoms with Crippen LogP contribution in [-0.4, -0.2) is 24.4 Å². The molecule has 0 atom stereocenters. The highest BCUT2D eigenvalue weighted by Gasteiger charge is 2.20. The number of nitrogens with one attached hydrogen (secondary N) is 1. The number of rotatable bonds is 4. The van der Waals surface area contributed by atoms with Crippen LogP contribution in [-0.2, 0) is 11.2 Å². The van der Waals surface area contributed by atoms with E-state index in [4.69, 9.17) is 16.3 Å². The molecule has 0 aromatic heterocycles. The molecule has 1 aliphatic rings. The SMILES string of the molecule is COc1ccc(CC(=O)NC2CCC(Cl)CC2)cc1. The number of methoxy groups -OCH3 is 1. The Morgan fingerprint density at radius 3 is 2.47 bits per heavy atom. The molecule has 1 amide bonds. The van der Waals surface area contributed by atoms with Gasteiger partial charge in [-0.15, -0.1) is 11.6 Å². The zero-order valence-electron chi connectivity index (χ0n) is 11.2. The number of hydrogen-bond acceptors (Lipinski definition) is 2. The lowest BCUT2D eigenvalue weighted by atomic mass is 9.95. The summed E-state index contributed by atoms with van der Waals surface area (Å²) in [5.41, 5.74) is 1.00. The molecule has 0 bridgehead atoms. The Morgan fingerprint density at radius 2 is 1.89 bits per heavy atom. The number of hydrogen-bond donors (Lipinski definition) is 1. The Labute approximate surface area is 119 Å². The summed E-state index contributed by atoms with van der Waals surface area (Å²) in [5.74, 6) is 0.896. The number of halogens is 1. The first-order chi connectivity index (χ1) is 9.17. The molecular weight excluding hydrogens is 262 g/mol. The highest BCUT2D eigenvalue weighted by atomic mass is 35.5. The summed E-state index contributed by atoms with van der Waals surface area (Å²) < 4.78 is 5.09. The minimum absolute atomic E-state index is 0.0863. The van der Waals surface area contributed by atoms with E-state index < -0.39 is 0 Å². The Hall–Kier alpha value is -1.22. The largest absolute Gasteiger partial charge is 0.497 e. The predicted molar refractivity (Wildman–Crippen MR) is 76.7 cm³/mol. The lowest BCUT2D eigenvalue weighted by Crippen LogP contribution is -2.38. The Balaban J connectivity index is 1.80. The van der Waals surface area contributed by atoms with Gasteiger partial charge in [0.05, 0.1) is 13.5 Å². The van der Waals surface area contributed by atoms with E-state index >= 15 is 0 Å². The molecule has 3 nitrogen and oxygen atoms in total. The fourth-order valence-electron chi connectivity index (χ4n) is 2.40. The molecule has 19 heavy (non-hydrogen) atoms. The van der Waals surface area contributed by atoms with Crippen LogP contribution in [0.4, 0.5) is 0 Å². The first-order valence-electron chi connectivity index (χ1n) is 6.73. The average Bonchev–Trinajstić information content (AvgIpc) is 2.42. The smallest absolute Gasteiger partial charge is 0.224 e. The Morgan fingerprint density at radius 1 is 1.26 bits per heavy atom.